The first kappa shape index (κ1) is 30.8. The zero-order valence-electron chi connectivity index (χ0n) is 29.9. The van der Waals surface area contributed by atoms with Crippen molar-refractivity contribution in [1.82, 2.24) is 15.0 Å². The highest BCUT2D eigenvalue weighted by Gasteiger charge is 2.24. The SMILES string of the molecule is c1ccc(-c2nc(-c3ccc4c(ccc5ccccc54)c3)nc(-c3c(-c4cccc5oc6c7ccccc7ccc6c45)ccc4oc5ccccc5c34)n2)cc1. The van der Waals surface area contributed by atoms with Crippen LogP contribution in [0.2, 0.25) is 0 Å². The molecule has 3 aromatic heterocycles. The number of rotatable bonds is 4. The number of furan rings is 2. The van der Waals surface area contributed by atoms with Crippen molar-refractivity contribution >= 4 is 76.2 Å². The lowest BCUT2D eigenvalue weighted by Crippen LogP contribution is -2.01. The van der Waals surface area contributed by atoms with Gasteiger partial charge in [-0.2, -0.15) is 0 Å². The van der Waals surface area contributed by atoms with Crippen molar-refractivity contribution in [2.45, 2.75) is 0 Å². The number of hydrogen-bond acceptors (Lipinski definition) is 5. The summed E-state index contributed by atoms with van der Waals surface area (Å²) >= 11 is 0. The van der Waals surface area contributed by atoms with E-state index in [2.05, 4.69) is 133 Å². The fraction of sp³-hybridized carbons (Fsp3) is 0. The number of hydrogen-bond donors (Lipinski definition) is 0. The summed E-state index contributed by atoms with van der Waals surface area (Å²) in [7, 11) is 0. The molecule has 260 valence electrons. The van der Waals surface area contributed by atoms with E-state index in [1.807, 2.05) is 42.5 Å². The van der Waals surface area contributed by atoms with Gasteiger partial charge in [0.25, 0.3) is 0 Å². The van der Waals surface area contributed by atoms with Crippen molar-refractivity contribution in [2.75, 3.05) is 0 Å². The van der Waals surface area contributed by atoms with Crippen molar-refractivity contribution in [2.24, 2.45) is 0 Å². The van der Waals surface area contributed by atoms with Gasteiger partial charge >= 0.3 is 0 Å². The minimum Gasteiger partial charge on any atom is -0.456 e. The van der Waals surface area contributed by atoms with Crippen LogP contribution in [0.1, 0.15) is 0 Å². The summed E-state index contributed by atoms with van der Waals surface area (Å²) in [6, 6.07) is 60.9. The van der Waals surface area contributed by atoms with Crippen LogP contribution in [-0.4, -0.2) is 15.0 Å². The third-order valence-electron chi connectivity index (χ3n) is 11.1. The summed E-state index contributed by atoms with van der Waals surface area (Å²) in [6.45, 7) is 0. The van der Waals surface area contributed by atoms with E-state index >= 15 is 0 Å². The molecule has 0 fully saturated rings. The maximum Gasteiger partial charge on any atom is 0.165 e. The standard InChI is InChI=1S/C51H29N3O2/c1-2-13-32(14-3-1)49-52-50(34-24-25-36-33(29-34)22-21-30-11-4-6-15-35(30)36)54-51(53-49)47-39(27-28-44-46(47)40-17-8-9-19-42(40)55-44)38-18-10-20-43-45(38)41-26-23-31-12-5-7-16-37(31)48(41)56-43/h1-29H. The molecule has 0 aliphatic heterocycles. The van der Waals surface area contributed by atoms with Crippen molar-refractivity contribution in [1.29, 1.82) is 0 Å². The van der Waals surface area contributed by atoms with E-state index in [1.54, 1.807) is 0 Å². The van der Waals surface area contributed by atoms with E-state index in [0.29, 0.717) is 17.5 Å². The molecule has 9 aromatic carbocycles. The fourth-order valence-corrected chi connectivity index (χ4v) is 8.54. The normalized spacial score (nSPS) is 11.9. The molecule has 0 amide bonds. The second-order valence-electron chi connectivity index (χ2n) is 14.3. The second kappa shape index (κ2) is 11.9. The van der Waals surface area contributed by atoms with Crippen LogP contribution in [0.25, 0.3) is 121 Å². The number of nitrogens with zero attached hydrogens (tertiary/aromatic N) is 3. The predicted molar refractivity (Wildman–Crippen MR) is 229 cm³/mol. The Labute approximate surface area is 320 Å². The van der Waals surface area contributed by atoms with Gasteiger partial charge in [0.1, 0.15) is 22.3 Å². The third-order valence-corrected chi connectivity index (χ3v) is 11.1. The summed E-state index contributed by atoms with van der Waals surface area (Å²) in [5.41, 5.74) is 7.97. The highest BCUT2D eigenvalue weighted by molar-refractivity contribution is 6.22. The molecule has 56 heavy (non-hydrogen) atoms. The molecule has 0 atom stereocenters. The van der Waals surface area contributed by atoms with Crippen LogP contribution in [-0.2, 0) is 0 Å². The Bertz CT molecular complexity index is 3550. The molecule has 0 saturated carbocycles. The van der Waals surface area contributed by atoms with Crippen molar-refractivity contribution < 1.29 is 8.83 Å². The Hall–Kier alpha value is -7.63. The Balaban J connectivity index is 1.18. The fourth-order valence-electron chi connectivity index (χ4n) is 8.54. The number of fused-ring (bicyclic) bond motifs is 11. The molecule has 0 unspecified atom stereocenters. The number of aromatic nitrogens is 3. The molecule has 0 saturated heterocycles. The lowest BCUT2D eigenvalue weighted by Gasteiger charge is -2.14. The summed E-state index contributed by atoms with van der Waals surface area (Å²) < 4.78 is 13.2. The van der Waals surface area contributed by atoms with E-state index < -0.39 is 0 Å². The summed E-state index contributed by atoms with van der Waals surface area (Å²) in [5.74, 6) is 1.76. The predicted octanol–water partition coefficient (Wildman–Crippen LogP) is 13.8. The molecule has 0 spiro atoms. The lowest BCUT2D eigenvalue weighted by molar-refractivity contribution is 0.669. The van der Waals surface area contributed by atoms with Gasteiger partial charge < -0.3 is 8.83 Å². The monoisotopic (exact) mass is 715 g/mol. The molecule has 0 radical (unpaired) electrons. The largest absolute Gasteiger partial charge is 0.456 e. The van der Waals surface area contributed by atoms with Crippen LogP contribution in [0.15, 0.2) is 185 Å². The molecule has 0 aliphatic carbocycles. The molecule has 0 bridgehead atoms. The number of benzene rings is 9. The maximum atomic E-state index is 6.67. The van der Waals surface area contributed by atoms with Crippen LogP contribution in [0.5, 0.6) is 0 Å². The van der Waals surface area contributed by atoms with Gasteiger partial charge in [-0.15, -0.1) is 0 Å². The lowest BCUT2D eigenvalue weighted by atomic mass is 9.91. The van der Waals surface area contributed by atoms with Gasteiger partial charge in [0.05, 0.1) is 0 Å². The van der Waals surface area contributed by atoms with E-state index in [9.17, 15) is 0 Å². The van der Waals surface area contributed by atoms with E-state index in [1.165, 1.54) is 16.2 Å². The Kier molecular flexibility index (Phi) is 6.56. The van der Waals surface area contributed by atoms with Gasteiger partial charge in [-0.3, -0.25) is 0 Å². The topological polar surface area (TPSA) is 65.0 Å². The quantitative estimate of drug-likeness (QED) is 0.170. The van der Waals surface area contributed by atoms with Gasteiger partial charge in [-0.25, -0.2) is 15.0 Å². The van der Waals surface area contributed by atoms with Gasteiger partial charge in [0, 0.05) is 43.6 Å². The van der Waals surface area contributed by atoms with Crippen LogP contribution in [0.4, 0.5) is 0 Å². The summed E-state index contributed by atoms with van der Waals surface area (Å²) in [5, 5.41) is 11.0. The minimum atomic E-state index is 0.565. The number of para-hydroxylation sites is 1. The minimum absolute atomic E-state index is 0.565. The van der Waals surface area contributed by atoms with Crippen molar-refractivity contribution in [3.05, 3.63) is 176 Å². The zero-order valence-corrected chi connectivity index (χ0v) is 29.9. The average Bonchev–Trinajstić information content (AvgIpc) is 3.85. The first-order chi connectivity index (χ1) is 27.7. The molecule has 0 N–H and O–H groups in total. The molecule has 0 aliphatic rings. The van der Waals surface area contributed by atoms with E-state index in [4.69, 9.17) is 23.8 Å². The van der Waals surface area contributed by atoms with Crippen molar-refractivity contribution in [3.63, 3.8) is 0 Å². The van der Waals surface area contributed by atoms with Gasteiger partial charge in [0.15, 0.2) is 17.5 Å². The second-order valence-corrected chi connectivity index (χ2v) is 14.3. The molecule has 12 aromatic rings. The Morgan fingerprint density at radius 3 is 1.82 bits per heavy atom. The van der Waals surface area contributed by atoms with Crippen LogP contribution in [0, 0.1) is 0 Å². The van der Waals surface area contributed by atoms with Crippen LogP contribution in [0.3, 0.4) is 0 Å². The highest BCUT2D eigenvalue weighted by atomic mass is 16.3. The maximum absolute atomic E-state index is 6.67. The average molecular weight is 716 g/mol. The molecular weight excluding hydrogens is 687 g/mol. The van der Waals surface area contributed by atoms with Gasteiger partial charge in [-0.1, -0.05) is 140 Å². The molecular formula is C51H29N3O2. The van der Waals surface area contributed by atoms with Crippen LogP contribution < -0.4 is 0 Å². The van der Waals surface area contributed by atoms with Crippen LogP contribution >= 0.6 is 0 Å². The third kappa shape index (κ3) is 4.64. The van der Waals surface area contributed by atoms with E-state index in [-0.39, 0.29) is 0 Å². The highest BCUT2D eigenvalue weighted by Crippen LogP contribution is 2.46. The summed E-state index contributed by atoms with van der Waals surface area (Å²) in [6.07, 6.45) is 0. The first-order valence-electron chi connectivity index (χ1n) is 18.8. The zero-order chi connectivity index (χ0) is 36.7. The molecule has 12 rings (SSSR count). The molecule has 5 heteroatoms. The Morgan fingerprint density at radius 2 is 0.946 bits per heavy atom. The molecule has 3 heterocycles. The van der Waals surface area contributed by atoms with E-state index in [0.717, 1.165) is 87.9 Å². The summed E-state index contributed by atoms with van der Waals surface area (Å²) in [4.78, 5) is 15.8. The van der Waals surface area contributed by atoms with Gasteiger partial charge in [0.2, 0.25) is 0 Å². The smallest absolute Gasteiger partial charge is 0.165 e. The van der Waals surface area contributed by atoms with Crippen molar-refractivity contribution in [3.8, 4) is 45.3 Å². The van der Waals surface area contributed by atoms with Gasteiger partial charge in [-0.05, 0) is 74.5 Å². The first-order valence-corrected chi connectivity index (χ1v) is 18.8. The molecule has 5 nitrogen and oxygen atoms in total. The Morgan fingerprint density at radius 1 is 0.321 bits per heavy atom.